The first-order valence-corrected chi connectivity index (χ1v) is 13.6. The predicted octanol–water partition coefficient (Wildman–Crippen LogP) is 4.88. The normalized spacial score (nSPS) is 12.0. The van der Waals surface area contributed by atoms with Crippen LogP contribution in [0.15, 0.2) is 77.7 Å². The molecule has 7 nitrogen and oxygen atoms in total. The Balaban J connectivity index is 2.07. The number of nitrogens with one attached hydrogen (secondary N) is 1. The molecule has 3 aromatic rings. The topological polar surface area (TPSA) is 86.8 Å². The summed E-state index contributed by atoms with van der Waals surface area (Å²) in [6.07, 6.45) is 0.254. The van der Waals surface area contributed by atoms with Crippen molar-refractivity contribution in [3.8, 4) is 0 Å². The highest BCUT2D eigenvalue weighted by molar-refractivity contribution is 7.92. The maximum Gasteiger partial charge on any atom is 0.264 e. The molecule has 3 aromatic carbocycles. The van der Waals surface area contributed by atoms with Gasteiger partial charge in [0, 0.05) is 29.2 Å². The second kappa shape index (κ2) is 12.4. The Kier molecular flexibility index (Phi) is 9.53. The number of hydrogen-bond donors (Lipinski definition) is 1. The zero-order valence-corrected chi connectivity index (χ0v) is 22.5. The largest absolute Gasteiger partial charge is 0.357 e. The van der Waals surface area contributed by atoms with Crippen molar-refractivity contribution in [2.24, 2.45) is 0 Å². The van der Waals surface area contributed by atoms with Gasteiger partial charge < -0.3 is 10.2 Å². The first-order chi connectivity index (χ1) is 17.6. The lowest BCUT2D eigenvalue weighted by molar-refractivity contribution is -0.140. The number of benzene rings is 3. The summed E-state index contributed by atoms with van der Waals surface area (Å²) in [5.41, 5.74) is 0.651. The van der Waals surface area contributed by atoms with E-state index in [2.05, 4.69) is 5.32 Å². The predicted molar refractivity (Wildman–Crippen MR) is 143 cm³/mol. The highest BCUT2D eigenvalue weighted by atomic mass is 35.5. The van der Waals surface area contributed by atoms with Gasteiger partial charge in [0.2, 0.25) is 11.8 Å². The molecule has 0 saturated carbocycles. The molecule has 37 heavy (non-hydrogen) atoms. The van der Waals surface area contributed by atoms with E-state index in [4.69, 9.17) is 23.2 Å². The first-order valence-electron chi connectivity index (χ1n) is 11.4. The summed E-state index contributed by atoms with van der Waals surface area (Å²) in [6, 6.07) is 16.3. The Morgan fingerprint density at radius 1 is 0.946 bits per heavy atom. The number of carbonyl (C=O) groups is 2. The lowest BCUT2D eigenvalue weighted by Gasteiger charge is -2.33. The number of carbonyl (C=O) groups excluding carboxylic acids is 2. The second-order valence-electron chi connectivity index (χ2n) is 8.06. The van der Waals surface area contributed by atoms with Gasteiger partial charge in [-0.2, -0.15) is 0 Å². The SMILES string of the molecule is CC[C@@H](C(=O)NC)N(Cc1c(Cl)cccc1Cl)C(=O)CN(c1ccccc1)S(=O)(=O)c1ccc(F)cc1. The summed E-state index contributed by atoms with van der Waals surface area (Å²) in [5, 5.41) is 3.15. The van der Waals surface area contributed by atoms with Crippen molar-refractivity contribution in [3.05, 3.63) is 94.2 Å². The van der Waals surface area contributed by atoms with Crippen molar-refractivity contribution in [2.75, 3.05) is 17.9 Å². The van der Waals surface area contributed by atoms with Crippen LogP contribution in [-0.4, -0.2) is 44.8 Å². The van der Waals surface area contributed by atoms with Gasteiger partial charge >= 0.3 is 0 Å². The minimum Gasteiger partial charge on any atom is -0.357 e. The summed E-state index contributed by atoms with van der Waals surface area (Å²) < 4.78 is 41.6. The molecular weight excluding hydrogens is 540 g/mol. The van der Waals surface area contributed by atoms with Crippen LogP contribution >= 0.6 is 23.2 Å². The molecule has 0 saturated heterocycles. The van der Waals surface area contributed by atoms with E-state index in [1.165, 1.54) is 11.9 Å². The van der Waals surface area contributed by atoms with E-state index in [0.29, 0.717) is 15.6 Å². The Labute approximate surface area is 225 Å². The second-order valence-corrected chi connectivity index (χ2v) is 10.7. The zero-order chi connectivity index (χ0) is 27.2. The first kappa shape index (κ1) is 28.4. The molecule has 0 radical (unpaired) electrons. The third kappa shape index (κ3) is 6.60. The molecule has 0 fully saturated rings. The van der Waals surface area contributed by atoms with Crippen molar-refractivity contribution in [3.63, 3.8) is 0 Å². The minimum atomic E-state index is -4.28. The van der Waals surface area contributed by atoms with Crippen LogP contribution in [0.2, 0.25) is 10.0 Å². The monoisotopic (exact) mass is 565 g/mol. The Morgan fingerprint density at radius 2 is 1.54 bits per heavy atom. The van der Waals surface area contributed by atoms with Crippen LogP contribution in [0.5, 0.6) is 0 Å². The van der Waals surface area contributed by atoms with Crippen LogP contribution < -0.4 is 9.62 Å². The van der Waals surface area contributed by atoms with Gasteiger partial charge in [0.15, 0.2) is 0 Å². The maximum atomic E-state index is 13.8. The van der Waals surface area contributed by atoms with Crippen molar-refractivity contribution < 1.29 is 22.4 Å². The number of anilines is 1. The molecule has 0 unspecified atom stereocenters. The van der Waals surface area contributed by atoms with Crippen LogP contribution in [0.3, 0.4) is 0 Å². The minimum absolute atomic E-state index is 0.123. The fourth-order valence-corrected chi connectivity index (χ4v) is 5.73. The van der Waals surface area contributed by atoms with Crippen LogP contribution in [0.4, 0.5) is 10.1 Å². The molecule has 196 valence electrons. The zero-order valence-electron chi connectivity index (χ0n) is 20.2. The van der Waals surface area contributed by atoms with Gasteiger partial charge in [-0.15, -0.1) is 0 Å². The fraction of sp³-hybridized carbons (Fsp3) is 0.231. The van der Waals surface area contributed by atoms with Crippen molar-refractivity contribution >= 4 is 50.7 Å². The van der Waals surface area contributed by atoms with E-state index in [0.717, 1.165) is 28.6 Å². The van der Waals surface area contributed by atoms with Crippen molar-refractivity contribution in [1.82, 2.24) is 10.2 Å². The number of hydrogen-bond acceptors (Lipinski definition) is 4. The van der Waals surface area contributed by atoms with E-state index in [9.17, 15) is 22.4 Å². The number of likely N-dealkylation sites (N-methyl/N-ethyl adjacent to an activating group) is 1. The van der Waals surface area contributed by atoms with Gasteiger partial charge in [-0.1, -0.05) is 54.4 Å². The molecule has 0 aromatic heterocycles. The fourth-order valence-electron chi connectivity index (χ4n) is 3.80. The van der Waals surface area contributed by atoms with Crippen molar-refractivity contribution in [1.29, 1.82) is 0 Å². The van der Waals surface area contributed by atoms with E-state index in [-0.39, 0.29) is 23.5 Å². The molecule has 1 atom stereocenters. The van der Waals surface area contributed by atoms with Gasteiger partial charge in [-0.3, -0.25) is 13.9 Å². The standard InChI is InChI=1S/C26H26Cl2FN3O4S/c1-3-24(26(34)30-2)31(16-21-22(27)10-7-11-23(21)28)25(33)17-32(19-8-5-4-6-9-19)37(35,36)20-14-12-18(29)13-15-20/h4-15,24H,3,16-17H2,1-2H3,(H,30,34)/t24-/m0/s1. The highest BCUT2D eigenvalue weighted by Gasteiger charge is 2.34. The summed E-state index contributed by atoms with van der Waals surface area (Å²) in [6.45, 7) is 0.987. The molecule has 3 rings (SSSR count). The summed E-state index contributed by atoms with van der Waals surface area (Å²) >= 11 is 12.7. The Morgan fingerprint density at radius 3 is 2.08 bits per heavy atom. The average molecular weight is 566 g/mol. The quantitative estimate of drug-likeness (QED) is 0.379. The maximum absolute atomic E-state index is 13.8. The lowest BCUT2D eigenvalue weighted by Crippen LogP contribution is -2.51. The molecule has 0 aliphatic rings. The van der Waals surface area contributed by atoms with E-state index in [1.54, 1.807) is 55.5 Å². The van der Waals surface area contributed by atoms with Gasteiger partial charge in [-0.05, 0) is 55.0 Å². The molecule has 0 heterocycles. The number of amides is 2. The molecule has 0 spiro atoms. The Bertz CT molecular complexity index is 1340. The molecule has 2 amide bonds. The van der Waals surface area contributed by atoms with Crippen LogP contribution in [0, 0.1) is 5.82 Å². The third-order valence-corrected chi connectivity index (χ3v) is 8.24. The van der Waals surface area contributed by atoms with E-state index < -0.39 is 40.2 Å². The van der Waals surface area contributed by atoms with Gasteiger partial charge in [0.05, 0.1) is 10.6 Å². The van der Waals surface area contributed by atoms with E-state index >= 15 is 0 Å². The van der Waals surface area contributed by atoms with Gasteiger partial charge in [0.1, 0.15) is 18.4 Å². The molecule has 1 N–H and O–H groups in total. The van der Waals surface area contributed by atoms with Crippen LogP contribution in [-0.2, 0) is 26.2 Å². The molecule has 0 bridgehead atoms. The molecule has 0 aliphatic heterocycles. The van der Waals surface area contributed by atoms with Gasteiger partial charge in [-0.25, -0.2) is 12.8 Å². The summed E-state index contributed by atoms with van der Waals surface area (Å²) in [4.78, 5) is 27.6. The molecular formula is C26H26Cl2FN3O4S. The number of nitrogens with zero attached hydrogens (tertiary/aromatic N) is 2. The molecule has 11 heteroatoms. The highest BCUT2D eigenvalue weighted by Crippen LogP contribution is 2.28. The lowest BCUT2D eigenvalue weighted by atomic mass is 10.1. The van der Waals surface area contributed by atoms with Crippen LogP contribution in [0.1, 0.15) is 18.9 Å². The van der Waals surface area contributed by atoms with Gasteiger partial charge in [0.25, 0.3) is 10.0 Å². The number of rotatable bonds is 10. The van der Waals surface area contributed by atoms with Crippen molar-refractivity contribution in [2.45, 2.75) is 30.8 Å². The van der Waals surface area contributed by atoms with E-state index in [1.807, 2.05) is 0 Å². The number of halogens is 3. The molecule has 0 aliphatic carbocycles. The summed E-state index contributed by atoms with van der Waals surface area (Å²) in [5.74, 6) is -1.67. The number of para-hydroxylation sites is 1. The third-order valence-electron chi connectivity index (χ3n) is 5.75. The average Bonchev–Trinajstić information content (AvgIpc) is 2.89. The number of sulfonamides is 1. The van der Waals surface area contributed by atoms with Crippen LogP contribution in [0.25, 0.3) is 0 Å². The summed E-state index contributed by atoms with van der Waals surface area (Å²) in [7, 11) is -2.83. The smallest absolute Gasteiger partial charge is 0.264 e. The Hall–Kier alpha value is -3.14.